The number of hydrogen-bond donors (Lipinski definition) is 1. The van der Waals surface area contributed by atoms with Crippen LogP contribution in [0.3, 0.4) is 0 Å². The molecule has 0 spiro atoms. The molecule has 2 heterocycles. The van der Waals surface area contributed by atoms with Gasteiger partial charge in [0, 0.05) is 43.0 Å². The maximum atomic E-state index is 12.9. The molecule has 2 amide bonds. The summed E-state index contributed by atoms with van der Waals surface area (Å²) in [5.74, 6) is 1.37. The highest BCUT2D eigenvalue weighted by Gasteiger charge is 2.25. The summed E-state index contributed by atoms with van der Waals surface area (Å²) in [4.78, 5) is 34.9. The maximum absolute atomic E-state index is 12.9. The Bertz CT molecular complexity index is 867. The third-order valence-electron chi connectivity index (χ3n) is 4.83. The Labute approximate surface area is 170 Å². The molecule has 152 valence electrons. The van der Waals surface area contributed by atoms with Crippen LogP contribution in [0.15, 0.2) is 49.2 Å². The van der Waals surface area contributed by atoms with Gasteiger partial charge in [-0.15, -0.1) is 0 Å². The minimum absolute atomic E-state index is 0.000262. The molecule has 1 fully saturated rings. The fraction of sp³-hybridized carbons (Fsp3) is 0.364. The van der Waals surface area contributed by atoms with Gasteiger partial charge in [-0.25, -0.2) is 4.98 Å². The molecule has 29 heavy (non-hydrogen) atoms. The van der Waals surface area contributed by atoms with Gasteiger partial charge in [0.25, 0.3) is 5.91 Å². The van der Waals surface area contributed by atoms with E-state index in [0.29, 0.717) is 36.2 Å². The largest absolute Gasteiger partial charge is 0.478 e. The van der Waals surface area contributed by atoms with E-state index in [1.807, 2.05) is 11.8 Å². The second kappa shape index (κ2) is 9.82. The number of carbonyl (C=O) groups excluding carboxylic acids is 2. The Morgan fingerprint density at radius 1 is 1.31 bits per heavy atom. The molecule has 7 nitrogen and oxygen atoms in total. The molecule has 0 saturated carbocycles. The van der Waals surface area contributed by atoms with Gasteiger partial charge in [-0.2, -0.15) is 4.98 Å². The maximum Gasteiger partial charge on any atom is 0.253 e. The second-order valence-corrected chi connectivity index (χ2v) is 6.98. The van der Waals surface area contributed by atoms with Gasteiger partial charge < -0.3 is 15.0 Å². The molecule has 7 heteroatoms. The van der Waals surface area contributed by atoms with Crippen molar-refractivity contribution in [3.8, 4) is 5.88 Å². The quantitative estimate of drug-likeness (QED) is 0.730. The number of piperidine rings is 1. The summed E-state index contributed by atoms with van der Waals surface area (Å²) in [5.41, 5.74) is 1.24. The summed E-state index contributed by atoms with van der Waals surface area (Å²) < 4.78 is 5.45. The van der Waals surface area contributed by atoms with Gasteiger partial charge in [-0.1, -0.05) is 6.58 Å². The van der Waals surface area contributed by atoms with Gasteiger partial charge in [0.15, 0.2) is 0 Å². The number of benzene rings is 1. The van der Waals surface area contributed by atoms with E-state index in [1.165, 1.54) is 6.08 Å². The van der Waals surface area contributed by atoms with E-state index in [1.54, 1.807) is 36.5 Å². The number of nitrogens with zero attached hydrogens (tertiary/aromatic N) is 3. The lowest BCUT2D eigenvalue weighted by Gasteiger charge is -2.32. The van der Waals surface area contributed by atoms with Crippen LogP contribution in [0, 0.1) is 5.92 Å². The molecule has 0 unspecified atom stereocenters. The summed E-state index contributed by atoms with van der Waals surface area (Å²) in [6.45, 7) is 7.33. The first-order chi connectivity index (χ1) is 14.1. The van der Waals surface area contributed by atoms with E-state index < -0.39 is 0 Å². The van der Waals surface area contributed by atoms with Gasteiger partial charge in [0.2, 0.25) is 11.8 Å². The van der Waals surface area contributed by atoms with Crippen molar-refractivity contribution in [2.24, 2.45) is 5.92 Å². The number of carbonyl (C=O) groups is 2. The van der Waals surface area contributed by atoms with Crippen molar-refractivity contribution in [1.29, 1.82) is 0 Å². The first-order valence-electron chi connectivity index (χ1n) is 9.86. The van der Waals surface area contributed by atoms with Gasteiger partial charge in [0.1, 0.15) is 5.82 Å². The van der Waals surface area contributed by atoms with Crippen molar-refractivity contribution in [3.63, 3.8) is 0 Å². The molecule has 1 aliphatic rings. The number of rotatable bonds is 7. The predicted octanol–water partition coefficient (Wildman–Crippen LogP) is 3.09. The van der Waals surface area contributed by atoms with Crippen LogP contribution < -0.4 is 10.1 Å². The van der Waals surface area contributed by atoms with E-state index >= 15 is 0 Å². The molecule has 1 N–H and O–H groups in total. The summed E-state index contributed by atoms with van der Waals surface area (Å²) in [5, 5.41) is 2.68. The van der Waals surface area contributed by atoms with Crippen molar-refractivity contribution in [3.05, 3.63) is 60.6 Å². The van der Waals surface area contributed by atoms with Crippen LogP contribution in [-0.4, -0.2) is 46.4 Å². The highest BCUT2D eigenvalue weighted by molar-refractivity contribution is 5.99. The van der Waals surface area contributed by atoms with Crippen molar-refractivity contribution >= 4 is 17.5 Å². The summed E-state index contributed by atoms with van der Waals surface area (Å²) in [6, 6.07) is 8.68. The molecule has 1 aromatic carbocycles. The average molecular weight is 394 g/mol. The van der Waals surface area contributed by atoms with Crippen LogP contribution in [0.4, 0.5) is 5.69 Å². The Morgan fingerprint density at radius 3 is 2.83 bits per heavy atom. The lowest BCUT2D eigenvalue weighted by molar-refractivity contribution is -0.111. The molecular formula is C22H26N4O3. The van der Waals surface area contributed by atoms with Gasteiger partial charge in [0.05, 0.1) is 6.61 Å². The van der Waals surface area contributed by atoms with E-state index in [4.69, 9.17) is 4.74 Å². The highest BCUT2D eigenvalue weighted by atomic mass is 16.5. The van der Waals surface area contributed by atoms with Crippen LogP contribution in [0.2, 0.25) is 0 Å². The summed E-state index contributed by atoms with van der Waals surface area (Å²) in [6.07, 6.45) is 5.64. The van der Waals surface area contributed by atoms with Gasteiger partial charge in [-0.05, 0) is 56.0 Å². The monoisotopic (exact) mass is 394 g/mol. The number of anilines is 1. The number of likely N-dealkylation sites (tertiary alicyclic amines) is 1. The molecular weight excluding hydrogens is 368 g/mol. The standard InChI is InChI=1S/C22H26N4O3/c1-3-20(27)24-18-9-7-17(8-10-18)22(28)26-13-5-6-16(15-26)14-19-23-12-11-21(25-19)29-4-2/h3,7-12,16H,1,4-6,13-15H2,2H3,(H,24,27)/t16-/m0/s1. The second-order valence-electron chi connectivity index (χ2n) is 6.98. The van der Waals surface area contributed by atoms with Crippen molar-refractivity contribution in [2.75, 3.05) is 25.0 Å². The van der Waals surface area contributed by atoms with Crippen LogP contribution in [0.5, 0.6) is 5.88 Å². The molecule has 1 saturated heterocycles. The molecule has 1 aromatic heterocycles. The predicted molar refractivity (Wildman–Crippen MR) is 111 cm³/mol. The van der Waals surface area contributed by atoms with Crippen molar-refractivity contribution < 1.29 is 14.3 Å². The summed E-state index contributed by atoms with van der Waals surface area (Å²) >= 11 is 0. The van der Waals surface area contributed by atoms with Crippen molar-refractivity contribution in [1.82, 2.24) is 14.9 Å². The zero-order valence-electron chi connectivity index (χ0n) is 16.6. The fourth-order valence-corrected chi connectivity index (χ4v) is 3.45. The number of nitrogens with one attached hydrogen (secondary N) is 1. The molecule has 0 aliphatic carbocycles. The van der Waals surface area contributed by atoms with E-state index in [9.17, 15) is 9.59 Å². The molecule has 3 rings (SSSR count). The first kappa shape index (κ1) is 20.5. The topological polar surface area (TPSA) is 84.4 Å². The van der Waals surface area contributed by atoms with E-state index in [-0.39, 0.29) is 11.8 Å². The fourth-order valence-electron chi connectivity index (χ4n) is 3.45. The molecule has 2 aromatic rings. The van der Waals surface area contributed by atoms with Crippen LogP contribution in [-0.2, 0) is 11.2 Å². The number of aromatic nitrogens is 2. The van der Waals surface area contributed by atoms with Crippen molar-refractivity contribution in [2.45, 2.75) is 26.2 Å². The van der Waals surface area contributed by atoms with E-state index in [2.05, 4.69) is 21.9 Å². The molecule has 1 atom stereocenters. The Balaban J connectivity index is 1.61. The minimum atomic E-state index is -0.279. The van der Waals surface area contributed by atoms with E-state index in [0.717, 1.165) is 31.6 Å². The average Bonchev–Trinajstić information content (AvgIpc) is 2.74. The van der Waals surface area contributed by atoms with Crippen LogP contribution in [0.25, 0.3) is 0 Å². The molecule has 1 aliphatic heterocycles. The first-order valence-corrected chi connectivity index (χ1v) is 9.86. The Morgan fingerprint density at radius 2 is 2.10 bits per heavy atom. The highest BCUT2D eigenvalue weighted by Crippen LogP contribution is 2.22. The van der Waals surface area contributed by atoms with Crippen LogP contribution >= 0.6 is 0 Å². The minimum Gasteiger partial charge on any atom is -0.478 e. The van der Waals surface area contributed by atoms with Crippen LogP contribution in [0.1, 0.15) is 35.9 Å². The van der Waals surface area contributed by atoms with Gasteiger partial charge in [-0.3, -0.25) is 9.59 Å². The number of amides is 2. The number of ether oxygens (including phenoxy) is 1. The summed E-state index contributed by atoms with van der Waals surface area (Å²) in [7, 11) is 0. The zero-order chi connectivity index (χ0) is 20.6. The number of hydrogen-bond acceptors (Lipinski definition) is 5. The van der Waals surface area contributed by atoms with Gasteiger partial charge >= 0.3 is 0 Å². The SMILES string of the molecule is C=CC(=O)Nc1ccc(C(=O)N2CCC[C@@H](Cc3nccc(OCC)n3)C2)cc1. The Kier molecular flexibility index (Phi) is 6.94. The zero-order valence-corrected chi connectivity index (χ0v) is 16.6. The lowest BCUT2D eigenvalue weighted by atomic mass is 9.94. The normalized spacial score (nSPS) is 16.2. The third kappa shape index (κ3) is 5.63. The lowest BCUT2D eigenvalue weighted by Crippen LogP contribution is -2.40. The Hall–Kier alpha value is -3.22. The molecule has 0 bridgehead atoms. The smallest absolute Gasteiger partial charge is 0.253 e. The third-order valence-corrected chi connectivity index (χ3v) is 4.83. The molecule has 0 radical (unpaired) electrons.